The van der Waals surface area contributed by atoms with Gasteiger partial charge in [-0.25, -0.2) is 9.59 Å². The van der Waals surface area contributed by atoms with E-state index in [2.05, 4.69) is 10.1 Å². The molecule has 0 atom stereocenters. The van der Waals surface area contributed by atoms with E-state index in [0.29, 0.717) is 0 Å². The van der Waals surface area contributed by atoms with Gasteiger partial charge in [0.1, 0.15) is 5.56 Å². The Bertz CT molecular complexity index is 599. The molecule has 0 aliphatic carbocycles. The molecular formula is C13H15N3O6. The summed E-state index contributed by atoms with van der Waals surface area (Å²) in [7, 11) is 0. The first-order valence-electron chi connectivity index (χ1n) is 6.32. The van der Waals surface area contributed by atoms with Gasteiger partial charge in [0.15, 0.2) is 6.61 Å². The zero-order valence-corrected chi connectivity index (χ0v) is 12.0. The van der Waals surface area contributed by atoms with Gasteiger partial charge in [0.05, 0.1) is 4.92 Å². The molecule has 0 fully saturated rings. The third-order valence-corrected chi connectivity index (χ3v) is 2.33. The standard InChI is InChI=1S/C13H15N3O6/c1-8(2)14-13(19)15-11(17)7-22-12(18)9-5-3-4-6-10(9)16(20)21/h3-6,8H,7H2,1-2H3,(H2,14,15,17,19). The molecule has 1 aromatic rings. The number of nitro benzene ring substituents is 1. The normalized spacial score (nSPS) is 9.95. The van der Waals surface area contributed by atoms with Crippen LogP contribution in [0, 0.1) is 10.1 Å². The molecule has 0 unspecified atom stereocenters. The average molecular weight is 309 g/mol. The van der Waals surface area contributed by atoms with Crippen molar-refractivity contribution in [3.05, 3.63) is 39.9 Å². The van der Waals surface area contributed by atoms with Gasteiger partial charge in [0.2, 0.25) is 0 Å². The first kappa shape index (κ1) is 17.1. The maximum atomic E-state index is 11.7. The lowest BCUT2D eigenvalue weighted by molar-refractivity contribution is -0.385. The summed E-state index contributed by atoms with van der Waals surface area (Å²) in [5, 5.41) is 15.1. The van der Waals surface area contributed by atoms with Crippen molar-refractivity contribution in [1.29, 1.82) is 0 Å². The highest BCUT2D eigenvalue weighted by molar-refractivity contribution is 5.98. The predicted octanol–water partition coefficient (Wildman–Crippen LogP) is 0.986. The SMILES string of the molecule is CC(C)NC(=O)NC(=O)COC(=O)c1ccccc1[N+](=O)[O-]. The van der Waals surface area contributed by atoms with Crippen LogP contribution in [0.5, 0.6) is 0 Å². The first-order valence-corrected chi connectivity index (χ1v) is 6.32. The van der Waals surface area contributed by atoms with Crippen molar-refractivity contribution in [2.24, 2.45) is 0 Å². The summed E-state index contributed by atoms with van der Waals surface area (Å²) in [6.45, 7) is 2.69. The number of nitrogens with one attached hydrogen (secondary N) is 2. The number of nitro groups is 1. The Hall–Kier alpha value is -2.97. The summed E-state index contributed by atoms with van der Waals surface area (Å²) in [5.41, 5.74) is -0.697. The number of esters is 1. The van der Waals surface area contributed by atoms with Crippen LogP contribution in [0.3, 0.4) is 0 Å². The maximum Gasteiger partial charge on any atom is 0.345 e. The molecule has 0 aliphatic heterocycles. The molecule has 118 valence electrons. The van der Waals surface area contributed by atoms with E-state index in [0.717, 1.165) is 6.07 Å². The molecule has 3 amide bonds. The predicted molar refractivity (Wildman–Crippen MR) is 75.2 cm³/mol. The van der Waals surface area contributed by atoms with Crippen molar-refractivity contribution in [2.75, 3.05) is 6.61 Å². The highest BCUT2D eigenvalue weighted by Crippen LogP contribution is 2.18. The summed E-state index contributed by atoms with van der Waals surface area (Å²) in [5.74, 6) is -1.86. The largest absolute Gasteiger partial charge is 0.452 e. The Morgan fingerprint density at radius 3 is 2.50 bits per heavy atom. The number of hydrogen-bond acceptors (Lipinski definition) is 6. The minimum atomic E-state index is -1.02. The van der Waals surface area contributed by atoms with Gasteiger partial charge in [-0.2, -0.15) is 0 Å². The van der Waals surface area contributed by atoms with Crippen LogP contribution in [0.4, 0.5) is 10.5 Å². The summed E-state index contributed by atoms with van der Waals surface area (Å²) in [4.78, 5) is 44.4. The van der Waals surface area contributed by atoms with Crippen molar-refractivity contribution in [2.45, 2.75) is 19.9 Å². The number of para-hydroxylation sites is 1. The molecular weight excluding hydrogens is 294 g/mol. The highest BCUT2D eigenvalue weighted by Gasteiger charge is 2.21. The number of imide groups is 1. The Labute approximate surface area is 125 Å². The van der Waals surface area contributed by atoms with Crippen LogP contribution in [0.25, 0.3) is 0 Å². The Morgan fingerprint density at radius 2 is 1.91 bits per heavy atom. The molecule has 0 saturated heterocycles. The number of urea groups is 1. The van der Waals surface area contributed by atoms with Gasteiger partial charge in [0, 0.05) is 12.1 Å². The average Bonchev–Trinajstić information content (AvgIpc) is 2.43. The minimum Gasteiger partial charge on any atom is -0.452 e. The molecule has 0 radical (unpaired) electrons. The van der Waals surface area contributed by atoms with Crippen molar-refractivity contribution in [1.82, 2.24) is 10.6 Å². The zero-order chi connectivity index (χ0) is 16.7. The summed E-state index contributed by atoms with van der Waals surface area (Å²) in [6, 6.07) is 4.30. The van der Waals surface area contributed by atoms with Gasteiger partial charge < -0.3 is 10.1 Å². The Kier molecular flexibility index (Phi) is 5.99. The second-order valence-electron chi connectivity index (χ2n) is 4.53. The number of carbonyl (C=O) groups excluding carboxylic acids is 3. The van der Waals surface area contributed by atoms with Gasteiger partial charge in [0.25, 0.3) is 11.6 Å². The third kappa shape index (κ3) is 5.19. The topological polar surface area (TPSA) is 128 Å². The van der Waals surface area contributed by atoms with Crippen LogP contribution in [0.1, 0.15) is 24.2 Å². The quantitative estimate of drug-likeness (QED) is 0.474. The lowest BCUT2D eigenvalue weighted by Gasteiger charge is -2.09. The van der Waals surface area contributed by atoms with Crippen LogP contribution in [-0.2, 0) is 9.53 Å². The molecule has 1 aromatic carbocycles. The van der Waals surface area contributed by atoms with Crippen LogP contribution in [0.2, 0.25) is 0 Å². The van der Waals surface area contributed by atoms with Crippen LogP contribution >= 0.6 is 0 Å². The number of nitrogens with zero attached hydrogens (tertiary/aromatic N) is 1. The number of hydrogen-bond donors (Lipinski definition) is 2. The van der Waals surface area contributed by atoms with Crippen molar-refractivity contribution < 1.29 is 24.0 Å². The van der Waals surface area contributed by atoms with Gasteiger partial charge in [-0.3, -0.25) is 20.2 Å². The number of amides is 3. The molecule has 0 heterocycles. The number of ether oxygens (including phenoxy) is 1. The van der Waals surface area contributed by atoms with E-state index in [-0.39, 0.29) is 11.6 Å². The molecule has 0 saturated carbocycles. The van der Waals surface area contributed by atoms with E-state index in [1.807, 2.05) is 5.32 Å². The lowest BCUT2D eigenvalue weighted by atomic mass is 10.2. The molecule has 0 aliphatic rings. The van der Waals surface area contributed by atoms with Gasteiger partial charge in [-0.05, 0) is 19.9 Å². The molecule has 9 heteroatoms. The van der Waals surface area contributed by atoms with E-state index in [1.165, 1.54) is 18.2 Å². The number of carbonyl (C=O) groups is 3. The maximum absolute atomic E-state index is 11.7. The van der Waals surface area contributed by atoms with Crippen molar-refractivity contribution >= 4 is 23.6 Å². The van der Waals surface area contributed by atoms with Crippen LogP contribution in [-0.4, -0.2) is 35.5 Å². The number of rotatable bonds is 5. The molecule has 1 rings (SSSR count). The molecule has 2 N–H and O–H groups in total. The Morgan fingerprint density at radius 1 is 1.27 bits per heavy atom. The first-order chi connectivity index (χ1) is 10.3. The van der Waals surface area contributed by atoms with Crippen LogP contribution < -0.4 is 10.6 Å². The molecule has 0 bridgehead atoms. The molecule has 0 aromatic heterocycles. The molecule has 9 nitrogen and oxygen atoms in total. The Balaban J connectivity index is 2.58. The number of benzene rings is 1. The van der Waals surface area contributed by atoms with E-state index >= 15 is 0 Å². The molecule has 0 spiro atoms. The second kappa shape index (κ2) is 7.72. The van der Waals surface area contributed by atoms with Gasteiger partial charge >= 0.3 is 12.0 Å². The second-order valence-corrected chi connectivity index (χ2v) is 4.53. The van der Waals surface area contributed by atoms with Crippen LogP contribution in [0.15, 0.2) is 24.3 Å². The minimum absolute atomic E-state index is 0.165. The summed E-state index contributed by atoms with van der Waals surface area (Å²) in [6.07, 6.45) is 0. The van der Waals surface area contributed by atoms with Gasteiger partial charge in [-0.1, -0.05) is 12.1 Å². The highest BCUT2D eigenvalue weighted by atomic mass is 16.6. The molecule has 22 heavy (non-hydrogen) atoms. The summed E-state index contributed by atoms with van der Waals surface area (Å²) >= 11 is 0. The van der Waals surface area contributed by atoms with Crippen molar-refractivity contribution in [3.63, 3.8) is 0 Å². The van der Waals surface area contributed by atoms with E-state index in [9.17, 15) is 24.5 Å². The fraction of sp³-hybridized carbons (Fsp3) is 0.308. The third-order valence-electron chi connectivity index (χ3n) is 2.33. The van der Waals surface area contributed by atoms with Gasteiger partial charge in [-0.15, -0.1) is 0 Å². The fourth-order valence-electron chi connectivity index (χ4n) is 1.48. The zero-order valence-electron chi connectivity index (χ0n) is 12.0. The van der Waals surface area contributed by atoms with E-state index < -0.39 is 35.1 Å². The smallest absolute Gasteiger partial charge is 0.345 e. The monoisotopic (exact) mass is 309 g/mol. The summed E-state index contributed by atoms with van der Waals surface area (Å²) < 4.78 is 4.65. The van der Waals surface area contributed by atoms with Crippen molar-refractivity contribution in [3.8, 4) is 0 Å². The van der Waals surface area contributed by atoms with E-state index in [4.69, 9.17) is 0 Å². The van der Waals surface area contributed by atoms with E-state index in [1.54, 1.807) is 13.8 Å². The lowest BCUT2D eigenvalue weighted by Crippen LogP contribution is -2.44. The fourth-order valence-corrected chi connectivity index (χ4v) is 1.48.